The van der Waals surface area contributed by atoms with Crippen LogP contribution in [0.15, 0.2) is 0 Å². The lowest BCUT2D eigenvalue weighted by Crippen LogP contribution is -2.24. The van der Waals surface area contributed by atoms with Crippen LogP contribution >= 0.6 is 0 Å². The summed E-state index contributed by atoms with van der Waals surface area (Å²) in [5.74, 6) is -0.000000000000000222. The highest BCUT2D eigenvalue weighted by Gasteiger charge is 2.02. The van der Waals surface area contributed by atoms with Gasteiger partial charge in [-0.05, 0) is 6.92 Å². The quantitative estimate of drug-likeness (QED) is 0.504. The second kappa shape index (κ2) is 2.75. The number of nitrogens with two attached hydrogens (primary N) is 1. The Morgan fingerprint density at radius 3 is 2.00 bits per heavy atom. The maximum Gasteiger partial charge on any atom is 0.124 e. The van der Waals surface area contributed by atoms with Crippen molar-refractivity contribution >= 4 is 6.29 Å². The zero-order chi connectivity index (χ0) is 5.86. The molecule has 2 nitrogen and oxygen atoms in total. The van der Waals surface area contributed by atoms with E-state index in [4.69, 9.17) is 5.73 Å². The molecule has 0 fully saturated rings. The van der Waals surface area contributed by atoms with Gasteiger partial charge in [0, 0.05) is 12.0 Å². The minimum Gasteiger partial charge on any atom is -0.327 e. The first-order valence-corrected chi connectivity index (χ1v) is 2.39. The predicted octanol–water partition coefficient (Wildman–Crippen LogP) is 0.169. The second-order valence-corrected chi connectivity index (χ2v) is 1.85. The van der Waals surface area contributed by atoms with Gasteiger partial charge < -0.3 is 10.5 Å². The van der Waals surface area contributed by atoms with Gasteiger partial charge in [-0.2, -0.15) is 0 Å². The molecule has 0 spiro atoms. The first-order chi connectivity index (χ1) is 3.18. The van der Waals surface area contributed by atoms with E-state index in [2.05, 4.69) is 0 Å². The summed E-state index contributed by atoms with van der Waals surface area (Å²) in [6.07, 6.45) is 0.866. The molecule has 7 heavy (non-hydrogen) atoms. The molecule has 0 aliphatic rings. The highest BCUT2D eigenvalue weighted by Crippen LogP contribution is 1.91. The van der Waals surface area contributed by atoms with Crippen molar-refractivity contribution in [3.8, 4) is 0 Å². The number of carbonyl (C=O) groups excluding carboxylic acids is 1. The van der Waals surface area contributed by atoms with Crippen molar-refractivity contribution in [3.05, 3.63) is 0 Å². The van der Waals surface area contributed by atoms with E-state index in [1.54, 1.807) is 6.92 Å². The Hall–Kier alpha value is -0.370. The normalized spacial score (nSPS) is 18.1. The lowest BCUT2D eigenvalue weighted by molar-refractivity contribution is -0.111. The lowest BCUT2D eigenvalue weighted by atomic mass is 10.1. The molecular formula is C5H11NO. The third-order valence-electron chi connectivity index (χ3n) is 1.04. The van der Waals surface area contributed by atoms with E-state index < -0.39 is 0 Å². The number of aldehydes is 1. The molecule has 42 valence electrons. The van der Waals surface area contributed by atoms with Gasteiger partial charge in [-0.3, -0.25) is 0 Å². The molecule has 0 saturated heterocycles. The van der Waals surface area contributed by atoms with Gasteiger partial charge >= 0.3 is 0 Å². The molecule has 0 aliphatic heterocycles. The van der Waals surface area contributed by atoms with Crippen LogP contribution in [0.3, 0.4) is 0 Å². The minimum atomic E-state index is -0.00231. The van der Waals surface area contributed by atoms with Crippen molar-refractivity contribution in [3.63, 3.8) is 0 Å². The molecule has 0 amide bonds. The number of hydrogen-bond donors (Lipinski definition) is 1. The molecule has 2 N–H and O–H groups in total. The fraction of sp³-hybridized carbons (Fsp3) is 0.800. The fourth-order valence-corrected chi connectivity index (χ4v) is 0.124. The van der Waals surface area contributed by atoms with Crippen molar-refractivity contribution in [2.45, 2.75) is 19.9 Å². The molecule has 0 radical (unpaired) electrons. The zero-order valence-electron chi connectivity index (χ0n) is 4.72. The van der Waals surface area contributed by atoms with Crippen molar-refractivity contribution in [1.82, 2.24) is 0 Å². The zero-order valence-corrected chi connectivity index (χ0v) is 4.72. The molecule has 0 aromatic carbocycles. The molecule has 2 heteroatoms. The van der Waals surface area contributed by atoms with Gasteiger partial charge in [0.05, 0.1) is 0 Å². The summed E-state index contributed by atoms with van der Waals surface area (Å²) in [7, 11) is 0. The monoisotopic (exact) mass is 101 g/mol. The van der Waals surface area contributed by atoms with Crippen molar-refractivity contribution in [1.29, 1.82) is 0 Å². The van der Waals surface area contributed by atoms with Gasteiger partial charge in [-0.1, -0.05) is 6.92 Å². The summed E-state index contributed by atoms with van der Waals surface area (Å²) in [6.45, 7) is 3.62. The van der Waals surface area contributed by atoms with Crippen molar-refractivity contribution in [2.75, 3.05) is 0 Å². The number of rotatable bonds is 2. The Bertz CT molecular complexity index is 61.1. The Morgan fingerprint density at radius 1 is 1.57 bits per heavy atom. The summed E-state index contributed by atoms with van der Waals surface area (Å²) in [4.78, 5) is 9.87. The fourth-order valence-electron chi connectivity index (χ4n) is 0.124. The van der Waals surface area contributed by atoms with Crippen LogP contribution < -0.4 is 5.73 Å². The third-order valence-corrected chi connectivity index (χ3v) is 1.04. The smallest absolute Gasteiger partial charge is 0.124 e. The Labute approximate surface area is 43.7 Å². The molecule has 0 heterocycles. The molecule has 0 aliphatic carbocycles. The van der Waals surface area contributed by atoms with Crippen LogP contribution in [0.5, 0.6) is 0 Å². The SMILES string of the molecule is CC(N)C(C)C=O. The summed E-state index contributed by atoms with van der Waals surface area (Å²) in [5, 5.41) is 0. The summed E-state index contributed by atoms with van der Waals surface area (Å²) in [6, 6.07) is -0.00231. The van der Waals surface area contributed by atoms with Gasteiger partial charge in [0.2, 0.25) is 0 Å². The molecule has 2 atom stereocenters. The second-order valence-electron chi connectivity index (χ2n) is 1.85. The number of carbonyl (C=O) groups is 1. The minimum absolute atomic E-state index is 0.000000000000000222. The topological polar surface area (TPSA) is 43.1 Å². The first kappa shape index (κ1) is 6.63. The maximum absolute atomic E-state index is 9.87. The van der Waals surface area contributed by atoms with E-state index in [9.17, 15) is 4.79 Å². The molecule has 2 unspecified atom stereocenters. The van der Waals surface area contributed by atoms with E-state index >= 15 is 0 Å². The largest absolute Gasteiger partial charge is 0.327 e. The van der Waals surface area contributed by atoms with E-state index in [0.717, 1.165) is 6.29 Å². The molecular weight excluding hydrogens is 90.1 g/mol. The van der Waals surface area contributed by atoms with E-state index in [0.29, 0.717) is 0 Å². The van der Waals surface area contributed by atoms with E-state index in [1.165, 1.54) is 0 Å². The van der Waals surface area contributed by atoms with Crippen LogP contribution in [0.2, 0.25) is 0 Å². The highest BCUT2D eigenvalue weighted by molar-refractivity contribution is 5.53. The Balaban J connectivity index is 3.33. The predicted molar refractivity (Wildman–Crippen MR) is 28.9 cm³/mol. The molecule has 0 aromatic heterocycles. The molecule has 0 bridgehead atoms. The van der Waals surface area contributed by atoms with Gasteiger partial charge in [0.15, 0.2) is 0 Å². The summed E-state index contributed by atoms with van der Waals surface area (Å²) in [5.41, 5.74) is 5.32. The average molecular weight is 101 g/mol. The Kier molecular flexibility index (Phi) is 2.60. The van der Waals surface area contributed by atoms with Crippen LogP contribution in [0, 0.1) is 5.92 Å². The number of hydrogen-bond acceptors (Lipinski definition) is 2. The summed E-state index contributed by atoms with van der Waals surface area (Å²) >= 11 is 0. The van der Waals surface area contributed by atoms with Crippen molar-refractivity contribution in [2.24, 2.45) is 11.7 Å². The van der Waals surface area contributed by atoms with Crippen LogP contribution in [-0.4, -0.2) is 12.3 Å². The van der Waals surface area contributed by atoms with Crippen LogP contribution in [0.25, 0.3) is 0 Å². The van der Waals surface area contributed by atoms with Gasteiger partial charge in [0.25, 0.3) is 0 Å². The van der Waals surface area contributed by atoms with Crippen LogP contribution in [-0.2, 0) is 4.79 Å². The Morgan fingerprint density at radius 2 is 2.00 bits per heavy atom. The average Bonchev–Trinajstić information content (AvgIpc) is 1.65. The maximum atomic E-state index is 9.87. The first-order valence-electron chi connectivity index (χ1n) is 2.39. The molecule has 0 saturated carbocycles. The van der Waals surface area contributed by atoms with E-state index in [1.807, 2.05) is 6.92 Å². The van der Waals surface area contributed by atoms with Gasteiger partial charge in [-0.15, -0.1) is 0 Å². The standard InChI is InChI=1S/C5H11NO/c1-4(3-7)5(2)6/h3-5H,6H2,1-2H3. The highest BCUT2D eigenvalue weighted by atomic mass is 16.1. The van der Waals surface area contributed by atoms with Crippen LogP contribution in [0.4, 0.5) is 0 Å². The molecule has 0 aromatic rings. The van der Waals surface area contributed by atoms with Crippen LogP contribution in [0.1, 0.15) is 13.8 Å². The lowest BCUT2D eigenvalue weighted by Gasteiger charge is -2.04. The van der Waals surface area contributed by atoms with Crippen molar-refractivity contribution < 1.29 is 4.79 Å². The van der Waals surface area contributed by atoms with Gasteiger partial charge in [-0.25, -0.2) is 0 Å². The third kappa shape index (κ3) is 2.34. The molecule has 0 rings (SSSR count). The summed E-state index contributed by atoms with van der Waals surface area (Å²) < 4.78 is 0. The van der Waals surface area contributed by atoms with Gasteiger partial charge in [0.1, 0.15) is 6.29 Å². The van der Waals surface area contributed by atoms with E-state index in [-0.39, 0.29) is 12.0 Å².